The monoisotopic (exact) mass is 156 g/mol. The average Bonchev–Trinajstić information content (AvgIpc) is 2.33. The van der Waals surface area contributed by atoms with Crippen molar-refractivity contribution < 1.29 is 0 Å². The minimum Gasteiger partial charge on any atom is -0.0946 e. The number of hydrogen-bond acceptors (Lipinski definition) is 0. The molecule has 0 unspecified atom stereocenters. The number of fused-ring (bicyclic) bond motifs is 1. The van der Waals surface area contributed by atoms with E-state index < -0.39 is 0 Å². The maximum Gasteiger partial charge on any atom is 0.00615 e. The Hall–Kier alpha value is -1.30. The van der Waals surface area contributed by atoms with Crippen molar-refractivity contribution >= 4 is 11.1 Å². The van der Waals surface area contributed by atoms with Gasteiger partial charge in [-0.05, 0) is 22.3 Å². The predicted molar refractivity (Wildman–Crippen MR) is 53.7 cm³/mol. The van der Waals surface area contributed by atoms with Crippen LogP contribution in [0.4, 0.5) is 0 Å². The highest BCUT2D eigenvalue weighted by molar-refractivity contribution is 5.92. The van der Waals surface area contributed by atoms with Crippen molar-refractivity contribution in [2.75, 3.05) is 0 Å². The molecule has 0 saturated heterocycles. The molecule has 0 heteroatoms. The molecule has 0 aromatic heterocycles. The van der Waals surface area contributed by atoms with Crippen LogP contribution in [0.25, 0.3) is 11.1 Å². The minimum atomic E-state index is 0.419. The lowest BCUT2D eigenvalue weighted by molar-refractivity contribution is 1.03. The summed E-state index contributed by atoms with van der Waals surface area (Å²) in [7, 11) is 0. The van der Waals surface area contributed by atoms with E-state index in [9.17, 15) is 0 Å². The van der Waals surface area contributed by atoms with Crippen molar-refractivity contribution in [2.45, 2.75) is 6.92 Å². The Morgan fingerprint density at radius 1 is 1.00 bits per heavy atom. The van der Waals surface area contributed by atoms with Gasteiger partial charge in [0.2, 0.25) is 0 Å². The summed E-state index contributed by atoms with van der Waals surface area (Å²) in [6.45, 7) is 10.3. The molecule has 2 rings (SSSR count). The summed E-state index contributed by atoms with van der Waals surface area (Å²) in [6.07, 6.45) is 0. The highest BCUT2D eigenvalue weighted by Crippen LogP contribution is 2.42. The van der Waals surface area contributed by atoms with Crippen LogP contribution >= 0.6 is 0 Å². The van der Waals surface area contributed by atoms with Crippen LogP contribution in [0.3, 0.4) is 0 Å². The number of hydrogen-bond donors (Lipinski definition) is 0. The Bertz CT molecular complexity index is 323. The molecule has 0 N–H and O–H groups in total. The van der Waals surface area contributed by atoms with Gasteiger partial charge in [-0.3, -0.25) is 0 Å². The van der Waals surface area contributed by atoms with E-state index in [0.29, 0.717) is 5.92 Å². The van der Waals surface area contributed by atoms with Crippen LogP contribution in [-0.4, -0.2) is 0 Å². The predicted octanol–water partition coefficient (Wildman–Crippen LogP) is 3.36. The maximum atomic E-state index is 4.07. The third-order valence-electron chi connectivity index (χ3n) is 2.66. The molecule has 1 aliphatic rings. The number of allylic oxidation sites excluding steroid dienone is 2. The fourth-order valence-corrected chi connectivity index (χ4v) is 1.72. The van der Waals surface area contributed by atoms with Crippen LogP contribution < -0.4 is 0 Å². The Morgan fingerprint density at radius 2 is 1.42 bits per heavy atom. The first-order chi connectivity index (χ1) is 5.72. The second-order valence-corrected chi connectivity index (χ2v) is 3.32. The van der Waals surface area contributed by atoms with E-state index in [4.69, 9.17) is 0 Å². The summed E-state index contributed by atoms with van der Waals surface area (Å²) in [6, 6.07) is 8.34. The van der Waals surface area contributed by atoms with Gasteiger partial charge in [-0.15, -0.1) is 0 Å². The molecule has 12 heavy (non-hydrogen) atoms. The van der Waals surface area contributed by atoms with E-state index in [2.05, 4.69) is 44.3 Å². The van der Waals surface area contributed by atoms with Gasteiger partial charge in [-0.2, -0.15) is 0 Å². The molecule has 0 saturated carbocycles. The quantitative estimate of drug-likeness (QED) is 0.540. The molecule has 0 nitrogen and oxygen atoms in total. The van der Waals surface area contributed by atoms with Crippen molar-refractivity contribution in [2.24, 2.45) is 5.92 Å². The molecule has 1 aliphatic carbocycles. The van der Waals surface area contributed by atoms with Crippen LogP contribution in [0, 0.1) is 5.92 Å². The topological polar surface area (TPSA) is 0 Å². The van der Waals surface area contributed by atoms with Crippen molar-refractivity contribution in [1.82, 2.24) is 0 Å². The number of rotatable bonds is 0. The van der Waals surface area contributed by atoms with Gasteiger partial charge in [0.25, 0.3) is 0 Å². The first kappa shape index (κ1) is 7.35. The van der Waals surface area contributed by atoms with Gasteiger partial charge in [0, 0.05) is 5.92 Å². The normalized spacial score (nSPS) is 16.8. The second-order valence-electron chi connectivity index (χ2n) is 3.32. The van der Waals surface area contributed by atoms with E-state index in [1.165, 1.54) is 22.3 Å². The lowest BCUT2D eigenvalue weighted by Gasteiger charge is -2.02. The molecule has 1 aromatic carbocycles. The zero-order valence-electron chi connectivity index (χ0n) is 7.30. The summed E-state index contributed by atoms with van der Waals surface area (Å²) in [5.74, 6) is 0.419. The molecule has 0 aliphatic heterocycles. The lowest BCUT2D eigenvalue weighted by Crippen LogP contribution is -1.86. The van der Waals surface area contributed by atoms with Gasteiger partial charge in [-0.1, -0.05) is 44.3 Å². The molecule has 0 spiro atoms. The average molecular weight is 156 g/mol. The number of benzene rings is 1. The third kappa shape index (κ3) is 0.781. The first-order valence-electron chi connectivity index (χ1n) is 4.19. The van der Waals surface area contributed by atoms with E-state index in [1.54, 1.807) is 0 Å². The molecule has 0 heterocycles. The Kier molecular flexibility index (Phi) is 1.44. The van der Waals surface area contributed by atoms with Crippen LogP contribution in [0.5, 0.6) is 0 Å². The van der Waals surface area contributed by atoms with E-state index in [-0.39, 0.29) is 0 Å². The SMILES string of the molecule is C=C1c2ccccc2C(=C)C1C. The van der Waals surface area contributed by atoms with Gasteiger partial charge >= 0.3 is 0 Å². The Morgan fingerprint density at radius 3 is 1.83 bits per heavy atom. The molecule has 1 aromatic rings. The van der Waals surface area contributed by atoms with E-state index in [1.807, 2.05) is 0 Å². The lowest BCUT2D eigenvalue weighted by atomic mass is 10.0. The largest absolute Gasteiger partial charge is 0.0946 e. The first-order valence-corrected chi connectivity index (χ1v) is 4.19. The van der Waals surface area contributed by atoms with Crippen molar-refractivity contribution in [3.8, 4) is 0 Å². The zero-order valence-corrected chi connectivity index (χ0v) is 7.30. The Balaban J connectivity index is 2.67. The summed E-state index contributed by atoms with van der Waals surface area (Å²) >= 11 is 0. The van der Waals surface area contributed by atoms with E-state index >= 15 is 0 Å². The maximum absolute atomic E-state index is 4.07. The Labute approximate surface area is 73.2 Å². The summed E-state index contributed by atoms with van der Waals surface area (Å²) in [4.78, 5) is 0. The van der Waals surface area contributed by atoms with Crippen molar-refractivity contribution in [3.63, 3.8) is 0 Å². The molecule has 0 fully saturated rings. The van der Waals surface area contributed by atoms with Gasteiger partial charge in [0.1, 0.15) is 0 Å². The standard InChI is InChI=1S/C12H12/c1-8-9(2)11-6-4-5-7-12(11)10(8)3/h4-8H,2-3H2,1H3. The van der Waals surface area contributed by atoms with Gasteiger partial charge < -0.3 is 0 Å². The van der Waals surface area contributed by atoms with Gasteiger partial charge in [-0.25, -0.2) is 0 Å². The second kappa shape index (κ2) is 2.34. The van der Waals surface area contributed by atoms with Crippen molar-refractivity contribution in [3.05, 3.63) is 48.6 Å². The van der Waals surface area contributed by atoms with Crippen LogP contribution in [0.15, 0.2) is 37.4 Å². The highest BCUT2D eigenvalue weighted by atomic mass is 14.3. The van der Waals surface area contributed by atoms with E-state index in [0.717, 1.165) is 0 Å². The smallest absolute Gasteiger partial charge is 0.00615 e. The zero-order chi connectivity index (χ0) is 8.72. The summed E-state index contributed by atoms with van der Waals surface area (Å²) < 4.78 is 0. The molecule has 0 amide bonds. The van der Waals surface area contributed by atoms with Gasteiger partial charge in [0.05, 0.1) is 0 Å². The molecular formula is C12H12. The minimum absolute atomic E-state index is 0.419. The summed E-state index contributed by atoms with van der Waals surface area (Å²) in [5.41, 5.74) is 4.95. The summed E-state index contributed by atoms with van der Waals surface area (Å²) in [5, 5.41) is 0. The molecular weight excluding hydrogens is 144 g/mol. The molecule has 0 radical (unpaired) electrons. The van der Waals surface area contributed by atoms with Crippen LogP contribution in [0.1, 0.15) is 18.1 Å². The van der Waals surface area contributed by atoms with Crippen molar-refractivity contribution in [1.29, 1.82) is 0 Å². The van der Waals surface area contributed by atoms with Crippen LogP contribution in [0.2, 0.25) is 0 Å². The fourth-order valence-electron chi connectivity index (χ4n) is 1.72. The fraction of sp³-hybridized carbons (Fsp3) is 0.167. The third-order valence-corrected chi connectivity index (χ3v) is 2.66. The van der Waals surface area contributed by atoms with Crippen LogP contribution in [-0.2, 0) is 0 Å². The van der Waals surface area contributed by atoms with Gasteiger partial charge in [0.15, 0.2) is 0 Å². The molecule has 0 bridgehead atoms. The molecule has 0 atom stereocenters. The highest BCUT2D eigenvalue weighted by Gasteiger charge is 2.24. The molecule has 60 valence electrons.